The molecule has 1 aliphatic carbocycles. The molecule has 232 valence electrons. The number of ether oxygens (including phenoxy) is 6. The Morgan fingerprint density at radius 2 is 1.81 bits per heavy atom. The molecule has 0 spiro atoms. The summed E-state index contributed by atoms with van der Waals surface area (Å²) in [4.78, 5) is 24.1. The molecule has 1 saturated carbocycles. The molecule has 3 heterocycles. The minimum atomic E-state index is -0.788. The first-order chi connectivity index (χ1) is 20.6. The van der Waals surface area contributed by atoms with Gasteiger partial charge in [-0.05, 0) is 82.6 Å². The van der Waals surface area contributed by atoms with Crippen LogP contribution in [0.1, 0.15) is 89.0 Å². The maximum atomic E-state index is 13.3. The van der Waals surface area contributed by atoms with Gasteiger partial charge in [0, 0.05) is 37.5 Å². The zero-order valence-electron chi connectivity index (χ0n) is 24.5. The van der Waals surface area contributed by atoms with Crippen LogP contribution in [0.5, 0.6) is 5.75 Å². The van der Waals surface area contributed by atoms with Crippen molar-refractivity contribution in [2.24, 2.45) is 11.8 Å². The molecule has 9 nitrogen and oxygen atoms in total. The van der Waals surface area contributed by atoms with Crippen LogP contribution < -0.4 is 4.74 Å². The van der Waals surface area contributed by atoms with Crippen molar-refractivity contribution in [1.82, 2.24) is 0 Å². The minimum absolute atomic E-state index is 0.000877. The lowest BCUT2D eigenvalue weighted by atomic mass is 9.86. The van der Waals surface area contributed by atoms with Crippen LogP contribution >= 0.6 is 0 Å². The largest absolute Gasteiger partial charge is 0.481 e. The average Bonchev–Trinajstić information content (AvgIpc) is 3.30. The number of allylic oxidation sites excluding steroid dienone is 2. The van der Waals surface area contributed by atoms with E-state index in [4.69, 9.17) is 33.5 Å². The predicted molar refractivity (Wildman–Crippen MR) is 154 cm³/mol. The summed E-state index contributed by atoms with van der Waals surface area (Å²) in [5, 5.41) is 8.90. The fourth-order valence-electron chi connectivity index (χ4n) is 6.48. The van der Waals surface area contributed by atoms with Gasteiger partial charge in [-0.25, -0.2) is 0 Å². The van der Waals surface area contributed by atoms with Gasteiger partial charge in [0.1, 0.15) is 17.6 Å². The molecule has 7 atom stereocenters. The fraction of sp³-hybridized carbons (Fsp3) is 0.697. The number of hydrogen-bond acceptors (Lipinski definition) is 8. The molecule has 0 radical (unpaired) electrons. The highest BCUT2D eigenvalue weighted by Crippen LogP contribution is 2.40. The average molecular weight is 587 g/mol. The Labute approximate surface area is 248 Å². The second-order valence-corrected chi connectivity index (χ2v) is 11.9. The van der Waals surface area contributed by atoms with Crippen molar-refractivity contribution in [3.63, 3.8) is 0 Å². The van der Waals surface area contributed by atoms with E-state index in [-0.39, 0.29) is 48.8 Å². The lowest BCUT2D eigenvalue weighted by Gasteiger charge is -2.36. The Morgan fingerprint density at radius 1 is 1.02 bits per heavy atom. The van der Waals surface area contributed by atoms with Gasteiger partial charge in [0.15, 0.2) is 12.6 Å². The molecule has 1 N–H and O–H groups in total. The van der Waals surface area contributed by atoms with Crippen molar-refractivity contribution in [3.05, 3.63) is 42.0 Å². The van der Waals surface area contributed by atoms with Crippen LogP contribution in [0.4, 0.5) is 0 Å². The number of hydrogen-bond donors (Lipinski definition) is 1. The van der Waals surface area contributed by atoms with Gasteiger partial charge in [0.25, 0.3) is 0 Å². The van der Waals surface area contributed by atoms with E-state index in [9.17, 15) is 9.59 Å². The molecule has 3 fully saturated rings. The van der Waals surface area contributed by atoms with Crippen molar-refractivity contribution < 1.29 is 43.1 Å². The first-order valence-electron chi connectivity index (χ1n) is 15.9. The predicted octanol–water partition coefficient (Wildman–Crippen LogP) is 5.93. The van der Waals surface area contributed by atoms with Gasteiger partial charge in [-0.2, -0.15) is 0 Å². The molecule has 3 aliphatic heterocycles. The van der Waals surface area contributed by atoms with Crippen LogP contribution in [-0.4, -0.2) is 61.2 Å². The van der Waals surface area contributed by atoms with E-state index < -0.39 is 12.3 Å². The molecule has 42 heavy (non-hydrogen) atoms. The lowest BCUT2D eigenvalue weighted by Crippen LogP contribution is -2.42. The zero-order valence-corrected chi connectivity index (χ0v) is 24.5. The van der Waals surface area contributed by atoms with Crippen LogP contribution in [-0.2, 0) is 39.9 Å². The number of carboxylic acids is 1. The zero-order chi connectivity index (χ0) is 29.1. The Bertz CT molecular complexity index is 1030. The van der Waals surface area contributed by atoms with E-state index in [2.05, 4.69) is 0 Å². The normalized spacial score (nSPS) is 30.6. The van der Waals surface area contributed by atoms with Crippen LogP contribution in [0.2, 0.25) is 0 Å². The maximum absolute atomic E-state index is 13.3. The fourth-order valence-corrected chi connectivity index (χ4v) is 6.48. The second-order valence-electron chi connectivity index (χ2n) is 11.9. The van der Waals surface area contributed by atoms with E-state index in [1.807, 2.05) is 36.4 Å². The molecule has 5 rings (SSSR count). The van der Waals surface area contributed by atoms with Crippen molar-refractivity contribution in [1.29, 1.82) is 0 Å². The van der Waals surface area contributed by atoms with Gasteiger partial charge in [-0.15, -0.1) is 0 Å². The third kappa shape index (κ3) is 8.86. The van der Waals surface area contributed by atoms with Gasteiger partial charge in [0.2, 0.25) is 6.29 Å². The number of unbranched alkanes of at least 4 members (excludes halogenated alkanes) is 1. The highest BCUT2D eigenvalue weighted by Gasteiger charge is 2.44. The van der Waals surface area contributed by atoms with Crippen molar-refractivity contribution in [3.8, 4) is 5.75 Å². The van der Waals surface area contributed by atoms with Crippen molar-refractivity contribution in [2.75, 3.05) is 13.2 Å². The monoisotopic (exact) mass is 586 g/mol. The molecule has 3 unspecified atom stereocenters. The highest BCUT2D eigenvalue weighted by atomic mass is 16.7. The van der Waals surface area contributed by atoms with Gasteiger partial charge < -0.3 is 33.5 Å². The highest BCUT2D eigenvalue weighted by molar-refractivity contribution is 5.84. The van der Waals surface area contributed by atoms with Crippen molar-refractivity contribution in [2.45, 2.75) is 121 Å². The third-order valence-corrected chi connectivity index (χ3v) is 8.76. The molecule has 4 aliphatic rings. The van der Waals surface area contributed by atoms with E-state index in [0.717, 1.165) is 49.8 Å². The summed E-state index contributed by atoms with van der Waals surface area (Å²) < 4.78 is 37.2. The maximum Gasteiger partial charge on any atom is 0.303 e. The number of ketones is 1. The van der Waals surface area contributed by atoms with Gasteiger partial charge in [-0.3, -0.25) is 9.59 Å². The third-order valence-electron chi connectivity index (χ3n) is 8.76. The summed E-state index contributed by atoms with van der Waals surface area (Å²) in [6.45, 7) is 1.82. The first kappa shape index (κ1) is 31.1. The summed E-state index contributed by atoms with van der Waals surface area (Å²) in [5.41, 5.74) is 1.01. The number of rotatable bonds is 14. The van der Waals surface area contributed by atoms with Crippen LogP contribution in [0.15, 0.2) is 36.4 Å². The molecule has 0 amide bonds. The van der Waals surface area contributed by atoms with Crippen molar-refractivity contribution >= 4 is 11.8 Å². The summed E-state index contributed by atoms with van der Waals surface area (Å²) in [6.07, 6.45) is 11.9. The minimum Gasteiger partial charge on any atom is -0.481 e. The Hall–Kier alpha value is -2.30. The van der Waals surface area contributed by atoms with E-state index >= 15 is 0 Å². The van der Waals surface area contributed by atoms with Gasteiger partial charge in [-0.1, -0.05) is 30.4 Å². The molecular weight excluding hydrogens is 540 g/mol. The number of para-hydroxylation sites is 1. The van der Waals surface area contributed by atoms with Gasteiger partial charge >= 0.3 is 5.97 Å². The van der Waals surface area contributed by atoms with Crippen LogP contribution in [0.25, 0.3) is 0 Å². The number of carboxylic acid groups (broad SMARTS) is 1. The first-order valence-corrected chi connectivity index (χ1v) is 15.9. The van der Waals surface area contributed by atoms with Crippen LogP contribution in [0, 0.1) is 11.8 Å². The Kier molecular flexibility index (Phi) is 11.8. The SMILES string of the molecule is O=C(O)CCCC=CC[C@H]1C(=O)C[C@@H](OC2CCCCO2)[C@@H]1CC[C@@H](OC1CCCCO1)C1OCc2ccccc2O1. The van der Waals surface area contributed by atoms with E-state index in [0.29, 0.717) is 58.3 Å². The summed E-state index contributed by atoms with van der Waals surface area (Å²) in [7, 11) is 0. The number of aliphatic carboxylic acids is 1. The molecule has 1 aromatic carbocycles. The van der Waals surface area contributed by atoms with Gasteiger partial charge in [0.05, 0.1) is 12.7 Å². The standard InChI is InChI=1S/C33H46O9/c34-26-21-29(41-32-16-8-10-20-38-32)25(24(26)12-3-1-2-4-14-30(35)36)17-18-28(40-31-15-7-9-19-37-31)33-39-22-23-11-5-6-13-27(23)42-33/h1,3,5-6,11,13,24-25,28-29,31-33H,2,4,7-10,12,14-22H2,(H,35,36)/t24-,25-,28-,29-,31?,32?,33?/m1/s1. The molecule has 2 saturated heterocycles. The smallest absolute Gasteiger partial charge is 0.303 e. The summed E-state index contributed by atoms with van der Waals surface area (Å²) in [6, 6.07) is 7.90. The summed E-state index contributed by atoms with van der Waals surface area (Å²) in [5.74, 6) is 0.0626. The number of fused-ring (bicyclic) bond motifs is 1. The Balaban J connectivity index is 1.27. The summed E-state index contributed by atoms with van der Waals surface area (Å²) >= 11 is 0. The van der Waals surface area contributed by atoms with E-state index in [1.54, 1.807) is 0 Å². The number of Topliss-reactive ketones (excluding diaryl/α,β-unsaturated/α-hetero) is 1. The number of carbonyl (C=O) groups is 2. The number of benzene rings is 1. The quantitative estimate of drug-likeness (QED) is 0.209. The molecule has 1 aromatic rings. The van der Waals surface area contributed by atoms with E-state index in [1.165, 1.54) is 0 Å². The second kappa shape index (κ2) is 16.0. The number of carbonyl (C=O) groups excluding carboxylic acids is 1. The Morgan fingerprint density at radius 3 is 2.57 bits per heavy atom. The topological polar surface area (TPSA) is 110 Å². The lowest BCUT2D eigenvalue weighted by molar-refractivity contribution is -0.252. The molecule has 0 aromatic heterocycles. The molecule has 9 heteroatoms. The van der Waals surface area contributed by atoms with Crippen LogP contribution in [0.3, 0.4) is 0 Å². The molecular formula is C33H46O9. The molecule has 0 bridgehead atoms.